The monoisotopic (exact) mass is 407 g/mol. The lowest BCUT2D eigenvalue weighted by atomic mass is 9.88. The second-order valence-electron chi connectivity index (χ2n) is 9.43. The molecule has 1 saturated carbocycles. The van der Waals surface area contributed by atoms with Gasteiger partial charge in [-0.2, -0.15) is 0 Å². The molecule has 1 unspecified atom stereocenters. The molecular formula is C22H41N5O2. The van der Waals surface area contributed by atoms with E-state index < -0.39 is 0 Å². The van der Waals surface area contributed by atoms with Gasteiger partial charge in [-0.3, -0.25) is 4.79 Å². The summed E-state index contributed by atoms with van der Waals surface area (Å²) in [5.74, 6) is 2.23. The van der Waals surface area contributed by atoms with Gasteiger partial charge in [0.15, 0.2) is 5.96 Å². The van der Waals surface area contributed by atoms with Gasteiger partial charge in [0, 0.05) is 45.2 Å². The maximum absolute atomic E-state index is 12.0. The Balaban J connectivity index is 1.47. The minimum Gasteiger partial charge on any atom is -0.381 e. The average molecular weight is 408 g/mol. The molecule has 1 aliphatic carbocycles. The molecule has 3 aliphatic rings. The van der Waals surface area contributed by atoms with Crippen molar-refractivity contribution in [1.82, 2.24) is 20.4 Å². The van der Waals surface area contributed by atoms with Crippen molar-refractivity contribution >= 4 is 11.9 Å². The fourth-order valence-corrected chi connectivity index (χ4v) is 4.60. The number of amides is 1. The van der Waals surface area contributed by atoms with E-state index in [-0.39, 0.29) is 12.5 Å². The zero-order valence-electron chi connectivity index (χ0n) is 18.7. The summed E-state index contributed by atoms with van der Waals surface area (Å²) in [6.07, 6.45) is 8.65. The number of likely N-dealkylation sites (tertiary alicyclic amines) is 1. The number of hydrogen-bond acceptors (Lipinski definition) is 4. The third-order valence-corrected chi connectivity index (χ3v) is 6.83. The van der Waals surface area contributed by atoms with Crippen LogP contribution in [0.25, 0.3) is 0 Å². The maximum atomic E-state index is 12.0. The Bertz CT molecular complexity index is 531. The molecule has 166 valence electrons. The molecule has 3 fully saturated rings. The van der Waals surface area contributed by atoms with Gasteiger partial charge >= 0.3 is 0 Å². The number of nitrogens with one attached hydrogen (secondary N) is 2. The fourth-order valence-electron chi connectivity index (χ4n) is 4.60. The average Bonchev–Trinajstić information content (AvgIpc) is 3.24. The molecule has 0 bridgehead atoms. The maximum Gasteiger partial charge on any atom is 0.243 e. The number of carbonyl (C=O) groups is 1. The van der Waals surface area contributed by atoms with E-state index in [0.717, 1.165) is 44.1 Å². The quantitative estimate of drug-likeness (QED) is 0.518. The second kappa shape index (κ2) is 11.2. The summed E-state index contributed by atoms with van der Waals surface area (Å²) in [5, 5.41) is 7.07. The van der Waals surface area contributed by atoms with Gasteiger partial charge in [-0.15, -0.1) is 0 Å². The van der Waals surface area contributed by atoms with Gasteiger partial charge in [0.1, 0.15) is 6.54 Å². The molecule has 1 atom stereocenters. The number of guanidine groups is 1. The SMILES string of the molecule is CC1CCN(C2CCC(NC(=NCC(=O)N(C)C)NCC3CCOC3)CC2)CC1. The Kier molecular flexibility index (Phi) is 8.60. The molecule has 1 amide bonds. The van der Waals surface area contributed by atoms with E-state index in [2.05, 4.69) is 27.4 Å². The molecule has 3 rings (SSSR count). The summed E-state index contributed by atoms with van der Waals surface area (Å²) in [4.78, 5) is 20.9. The van der Waals surface area contributed by atoms with Crippen LogP contribution in [-0.4, -0.2) is 87.2 Å². The highest BCUT2D eigenvalue weighted by Gasteiger charge is 2.28. The molecule has 2 N–H and O–H groups in total. The molecule has 2 saturated heterocycles. The number of ether oxygens (including phenoxy) is 1. The van der Waals surface area contributed by atoms with Crippen molar-refractivity contribution in [2.45, 2.75) is 64.0 Å². The Labute approximate surface area is 176 Å². The molecule has 0 aromatic heterocycles. The molecular weight excluding hydrogens is 366 g/mol. The number of hydrogen-bond donors (Lipinski definition) is 2. The zero-order chi connectivity index (χ0) is 20.6. The fraction of sp³-hybridized carbons (Fsp3) is 0.909. The second-order valence-corrected chi connectivity index (χ2v) is 9.43. The molecule has 0 aromatic carbocycles. The van der Waals surface area contributed by atoms with Gasteiger partial charge in [-0.05, 0) is 64.0 Å². The van der Waals surface area contributed by atoms with Crippen molar-refractivity contribution in [2.24, 2.45) is 16.8 Å². The summed E-state index contributed by atoms with van der Waals surface area (Å²) < 4.78 is 5.48. The first-order valence-corrected chi connectivity index (χ1v) is 11.6. The van der Waals surface area contributed by atoms with Crippen molar-refractivity contribution in [1.29, 1.82) is 0 Å². The molecule has 7 nitrogen and oxygen atoms in total. The largest absolute Gasteiger partial charge is 0.381 e. The van der Waals surface area contributed by atoms with Crippen molar-refractivity contribution in [2.75, 3.05) is 53.5 Å². The van der Waals surface area contributed by atoms with Crippen LogP contribution in [0.5, 0.6) is 0 Å². The van der Waals surface area contributed by atoms with Gasteiger partial charge in [0.2, 0.25) is 5.91 Å². The van der Waals surface area contributed by atoms with E-state index in [1.807, 2.05) is 0 Å². The molecule has 0 aromatic rings. The molecule has 2 aliphatic heterocycles. The van der Waals surface area contributed by atoms with Crippen molar-refractivity contribution in [3.8, 4) is 0 Å². The molecule has 7 heteroatoms. The van der Waals surface area contributed by atoms with Crippen LogP contribution < -0.4 is 10.6 Å². The van der Waals surface area contributed by atoms with Gasteiger partial charge in [-0.25, -0.2) is 4.99 Å². The number of nitrogens with zero attached hydrogens (tertiary/aromatic N) is 3. The van der Waals surface area contributed by atoms with Crippen LogP contribution >= 0.6 is 0 Å². The summed E-state index contributed by atoms with van der Waals surface area (Å²) in [5.41, 5.74) is 0. The predicted octanol–water partition coefficient (Wildman–Crippen LogP) is 1.69. The van der Waals surface area contributed by atoms with Crippen LogP contribution in [0.1, 0.15) is 51.9 Å². The van der Waals surface area contributed by atoms with Crippen LogP contribution in [0.15, 0.2) is 4.99 Å². The topological polar surface area (TPSA) is 69.2 Å². The van der Waals surface area contributed by atoms with Crippen LogP contribution in [0, 0.1) is 11.8 Å². The van der Waals surface area contributed by atoms with Gasteiger partial charge < -0.3 is 25.2 Å². The van der Waals surface area contributed by atoms with E-state index in [9.17, 15) is 4.79 Å². The number of piperidine rings is 1. The van der Waals surface area contributed by atoms with Crippen LogP contribution in [0.2, 0.25) is 0 Å². The first-order valence-electron chi connectivity index (χ1n) is 11.6. The Morgan fingerprint density at radius 3 is 2.45 bits per heavy atom. The lowest BCUT2D eigenvalue weighted by Gasteiger charge is -2.40. The Morgan fingerprint density at radius 2 is 1.83 bits per heavy atom. The van der Waals surface area contributed by atoms with E-state index in [1.165, 1.54) is 51.6 Å². The summed E-state index contributed by atoms with van der Waals surface area (Å²) in [6.45, 7) is 7.63. The third kappa shape index (κ3) is 7.14. The van der Waals surface area contributed by atoms with Crippen LogP contribution in [0.3, 0.4) is 0 Å². The predicted molar refractivity (Wildman–Crippen MR) is 117 cm³/mol. The smallest absolute Gasteiger partial charge is 0.243 e. The molecule has 0 spiro atoms. The normalized spacial score (nSPS) is 29.6. The van der Waals surface area contributed by atoms with Crippen molar-refractivity contribution in [3.63, 3.8) is 0 Å². The first kappa shape index (κ1) is 22.3. The minimum atomic E-state index is 0.0262. The number of likely N-dealkylation sites (N-methyl/N-ethyl adjacent to an activating group) is 1. The summed E-state index contributed by atoms with van der Waals surface area (Å²) >= 11 is 0. The van der Waals surface area contributed by atoms with Crippen molar-refractivity contribution in [3.05, 3.63) is 0 Å². The first-order chi connectivity index (χ1) is 14.0. The highest BCUT2D eigenvalue weighted by Crippen LogP contribution is 2.27. The summed E-state index contributed by atoms with van der Waals surface area (Å²) in [6, 6.07) is 1.19. The third-order valence-electron chi connectivity index (χ3n) is 6.83. The van der Waals surface area contributed by atoms with Crippen molar-refractivity contribution < 1.29 is 9.53 Å². The van der Waals surface area contributed by atoms with Gasteiger partial charge in [0.05, 0.1) is 6.61 Å². The lowest BCUT2D eigenvalue weighted by molar-refractivity contribution is -0.127. The highest BCUT2D eigenvalue weighted by atomic mass is 16.5. The van der Waals surface area contributed by atoms with Gasteiger partial charge in [-0.1, -0.05) is 6.92 Å². The van der Waals surface area contributed by atoms with Gasteiger partial charge in [0.25, 0.3) is 0 Å². The molecule has 29 heavy (non-hydrogen) atoms. The highest BCUT2D eigenvalue weighted by molar-refractivity contribution is 5.84. The summed E-state index contributed by atoms with van der Waals surface area (Å²) in [7, 11) is 3.55. The minimum absolute atomic E-state index is 0.0262. The number of aliphatic imine (C=N–C) groups is 1. The van der Waals surface area contributed by atoms with Crippen LogP contribution in [0.4, 0.5) is 0 Å². The standard InChI is InChI=1S/C22H41N5O2/c1-17-8-11-27(12-9-17)20-6-4-19(5-7-20)25-22(24-15-21(28)26(2)3)23-14-18-10-13-29-16-18/h17-20H,4-16H2,1-3H3,(H2,23,24,25). The van der Waals surface area contributed by atoms with E-state index in [0.29, 0.717) is 12.0 Å². The number of rotatable bonds is 6. The Morgan fingerprint density at radius 1 is 1.10 bits per heavy atom. The molecule has 2 heterocycles. The Hall–Kier alpha value is -1.34. The van der Waals surface area contributed by atoms with E-state index in [1.54, 1.807) is 19.0 Å². The molecule has 0 radical (unpaired) electrons. The van der Waals surface area contributed by atoms with E-state index in [4.69, 9.17) is 4.74 Å². The zero-order valence-corrected chi connectivity index (χ0v) is 18.7. The van der Waals surface area contributed by atoms with E-state index >= 15 is 0 Å². The lowest BCUT2D eigenvalue weighted by Crippen LogP contribution is -2.49. The number of carbonyl (C=O) groups excluding carboxylic acids is 1. The van der Waals surface area contributed by atoms with Crippen LogP contribution in [-0.2, 0) is 9.53 Å².